The number of fused-ring (bicyclic) bond motifs is 2. The zero-order chi connectivity index (χ0) is 32.7. The van der Waals surface area contributed by atoms with Crippen molar-refractivity contribution >= 4 is 62.1 Å². The zero-order valence-electron chi connectivity index (χ0n) is 25.6. The van der Waals surface area contributed by atoms with Gasteiger partial charge in [0.15, 0.2) is 10.1 Å². The van der Waals surface area contributed by atoms with Crippen LogP contribution in [-0.2, 0) is 15.3 Å². The van der Waals surface area contributed by atoms with E-state index in [1.807, 2.05) is 54.8 Å². The Kier molecular flexibility index (Phi) is 8.09. The fraction of sp³-hybridized carbons (Fsp3) is 0.139. The average molecular weight is 660 g/mol. The molecule has 0 spiro atoms. The zero-order valence-corrected chi connectivity index (χ0v) is 27.2. The quantitative estimate of drug-likeness (QED) is 0.0426. The lowest BCUT2D eigenvalue weighted by Crippen LogP contribution is -2.29. The van der Waals surface area contributed by atoms with Crippen LogP contribution in [0.3, 0.4) is 0 Å². The number of rotatable bonds is 9. The predicted molar refractivity (Wildman–Crippen MR) is 185 cm³/mol. The number of benzene rings is 3. The number of anilines is 1. The lowest BCUT2D eigenvalue weighted by Gasteiger charge is -2.22. The van der Waals surface area contributed by atoms with Crippen LogP contribution >= 0.6 is 23.1 Å². The topological polar surface area (TPSA) is 110 Å². The summed E-state index contributed by atoms with van der Waals surface area (Å²) in [6, 6.07) is 24.3. The molecule has 0 bridgehead atoms. The SMILES string of the molecule is C=CCOc1ccc(C2/C(=C(\O)c3nc4c(C)cccn4c3C)C(=O)C(=O)N2c2nnc(SCc3cccc4ccccc34)s2)cc1. The van der Waals surface area contributed by atoms with Crippen molar-refractivity contribution in [3.05, 3.63) is 131 Å². The maximum Gasteiger partial charge on any atom is 0.301 e. The van der Waals surface area contributed by atoms with Crippen LogP contribution in [-0.4, -0.2) is 43.0 Å². The molecule has 1 amide bonds. The molecule has 1 N–H and O–H groups in total. The molecule has 1 fully saturated rings. The summed E-state index contributed by atoms with van der Waals surface area (Å²) in [5.41, 5.74) is 4.11. The molecule has 3 aromatic carbocycles. The molecule has 1 atom stereocenters. The number of aliphatic hydroxyl groups excluding tert-OH is 1. The highest BCUT2D eigenvalue weighted by atomic mass is 32.2. The molecule has 7 rings (SSSR count). The van der Waals surface area contributed by atoms with Crippen molar-refractivity contribution in [1.82, 2.24) is 19.6 Å². The Hall–Kier alpha value is -5.26. The van der Waals surface area contributed by atoms with Gasteiger partial charge in [-0.2, -0.15) is 0 Å². The minimum Gasteiger partial charge on any atom is -0.505 e. The van der Waals surface area contributed by atoms with Crippen molar-refractivity contribution in [3.8, 4) is 5.75 Å². The molecule has 1 unspecified atom stereocenters. The molecule has 1 aliphatic heterocycles. The maximum absolute atomic E-state index is 13.8. The van der Waals surface area contributed by atoms with Gasteiger partial charge < -0.3 is 14.2 Å². The molecular weight excluding hydrogens is 631 g/mol. The third-order valence-corrected chi connectivity index (χ3v) is 10.3. The van der Waals surface area contributed by atoms with Crippen LogP contribution in [0.5, 0.6) is 5.75 Å². The first-order valence-electron chi connectivity index (χ1n) is 14.9. The number of carbonyl (C=O) groups is 2. The summed E-state index contributed by atoms with van der Waals surface area (Å²) in [7, 11) is 0. The Morgan fingerprint density at radius 3 is 2.60 bits per heavy atom. The van der Waals surface area contributed by atoms with E-state index in [9.17, 15) is 14.7 Å². The number of imidazole rings is 1. The van der Waals surface area contributed by atoms with Gasteiger partial charge in [0.25, 0.3) is 5.78 Å². The Labute approximate surface area is 278 Å². The number of aryl methyl sites for hydroxylation is 2. The number of Topliss-reactive ketones (excluding diaryl/α,β-unsaturated/α-hetero) is 1. The van der Waals surface area contributed by atoms with E-state index in [4.69, 9.17) is 4.74 Å². The molecule has 1 saturated heterocycles. The molecule has 47 heavy (non-hydrogen) atoms. The van der Waals surface area contributed by atoms with Crippen LogP contribution in [0, 0.1) is 13.8 Å². The van der Waals surface area contributed by atoms with Crippen molar-refractivity contribution in [3.63, 3.8) is 0 Å². The van der Waals surface area contributed by atoms with Crippen LogP contribution in [0.25, 0.3) is 22.2 Å². The fourth-order valence-electron chi connectivity index (χ4n) is 5.84. The van der Waals surface area contributed by atoms with Crippen LogP contribution in [0.4, 0.5) is 5.13 Å². The van der Waals surface area contributed by atoms with E-state index in [0.29, 0.717) is 39.4 Å². The Balaban J connectivity index is 1.28. The monoisotopic (exact) mass is 659 g/mol. The van der Waals surface area contributed by atoms with Crippen molar-refractivity contribution in [2.75, 3.05) is 11.5 Å². The number of pyridine rings is 1. The lowest BCUT2D eigenvalue weighted by molar-refractivity contribution is -0.132. The van der Waals surface area contributed by atoms with Gasteiger partial charge in [-0.25, -0.2) is 4.98 Å². The molecule has 4 heterocycles. The summed E-state index contributed by atoms with van der Waals surface area (Å²) >= 11 is 2.74. The van der Waals surface area contributed by atoms with Crippen LogP contribution < -0.4 is 9.64 Å². The van der Waals surface area contributed by atoms with Crippen LogP contribution in [0.2, 0.25) is 0 Å². The number of aliphatic hydroxyl groups is 1. The highest BCUT2D eigenvalue weighted by Crippen LogP contribution is 2.44. The summed E-state index contributed by atoms with van der Waals surface area (Å²) in [6.07, 6.45) is 3.49. The van der Waals surface area contributed by atoms with Gasteiger partial charge in [-0.15, -0.1) is 10.2 Å². The maximum atomic E-state index is 13.8. The van der Waals surface area contributed by atoms with E-state index in [2.05, 4.69) is 46.0 Å². The van der Waals surface area contributed by atoms with Gasteiger partial charge in [0, 0.05) is 11.9 Å². The van der Waals surface area contributed by atoms with Gasteiger partial charge in [-0.05, 0) is 59.5 Å². The van der Waals surface area contributed by atoms with Crippen molar-refractivity contribution in [1.29, 1.82) is 0 Å². The second-order valence-corrected chi connectivity index (χ2v) is 13.2. The Morgan fingerprint density at radius 2 is 1.81 bits per heavy atom. The number of hydrogen-bond acceptors (Lipinski definition) is 9. The molecular formula is C36H29N5O4S2. The molecule has 0 radical (unpaired) electrons. The molecule has 9 nitrogen and oxygen atoms in total. The van der Waals surface area contributed by atoms with Gasteiger partial charge in [-0.3, -0.25) is 14.5 Å². The van der Waals surface area contributed by atoms with E-state index < -0.39 is 17.7 Å². The number of aromatic nitrogens is 4. The Bertz CT molecular complexity index is 2220. The second kappa shape index (κ2) is 12.5. The van der Waals surface area contributed by atoms with Crippen molar-refractivity contribution < 1.29 is 19.4 Å². The molecule has 234 valence electrons. The van der Waals surface area contributed by atoms with Gasteiger partial charge >= 0.3 is 5.91 Å². The van der Waals surface area contributed by atoms with Crippen LogP contribution in [0.1, 0.15) is 34.1 Å². The van der Waals surface area contributed by atoms with E-state index >= 15 is 0 Å². The molecule has 1 aliphatic rings. The number of hydrogen-bond donors (Lipinski definition) is 1. The summed E-state index contributed by atoms with van der Waals surface area (Å²) in [4.78, 5) is 33.6. The average Bonchev–Trinajstić information content (AvgIpc) is 3.77. The van der Waals surface area contributed by atoms with Gasteiger partial charge in [-0.1, -0.05) is 96.4 Å². The third-order valence-electron chi connectivity index (χ3n) is 8.15. The van der Waals surface area contributed by atoms with Gasteiger partial charge in [0.05, 0.1) is 17.3 Å². The Morgan fingerprint density at radius 1 is 1.02 bits per heavy atom. The predicted octanol–water partition coefficient (Wildman–Crippen LogP) is 7.44. The largest absolute Gasteiger partial charge is 0.505 e. The first-order chi connectivity index (χ1) is 22.9. The summed E-state index contributed by atoms with van der Waals surface area (Å²) in [5.74, 6) is -0.730. The number of thioether (sulfide) groups is 1. The standard InChI is InChI=1S/C36H29N5O4S2/c1-4-19-45-26-16-14-24(15-17-26)30-28(31(42)29-22(3)40-18-8-9-21(2)33(40)37-29)32(43)34(44)41(30)35-38-39-36(47-35)46-20-25-12-7-11-23-10-5-6-13-27(23)25/h4-18,30,42H,1,19-20H2,2-3H3/b31-28+. The molecule has 0 aliphatic carbocycles. The summed E-state index contributed by atoms with van der Waals surface area (Å²) < 4.78 is 8.16. The highest BCUT2D eigenvalue weighted by molar-refractivity contribution is 8.00. The van der Waals surface area contributed by atoms with E-state index in [1.165, 1.54) is 28.0 Å². The number of ketones is 1. The lowest BCUT2D eigenvalue weighted by atomic mass is 9.96. The van der Waals surface area contributed by atoms with Crippen LogP contribution in [0.15, 0.2) is 108 Å². The van der Waals surface area contributed by atoms with E-state index in [0.717, 1.165) is 21.9 Å². The highest BCUT2D eigenvalue weighted by Gasteiger charge is 2.49. The van der Waals surface area contributed by atoms with E-state index in [-0.39, 0.29) is 22.2 Å². The minimum atomic E-state index is -0.974. The number of amides is 1. The molecule has 6 aromatic rings. The van der Waals surface area contributed by atoms with Crippen molar-refractivity contribution in [2.24, 2.45) is 0 Å². The molecule has 3 aromatic heterocycles. The fourth-order valence-corrected chi connectivity index (χ4v) is 7.71. The number of nitrogens with zero attached hydrogens (tertiary/aromatic N) is 5. The normalized spacial score (nSPS) is 16.0. The second-order valence-electron chi connectivity index (χ2n) is 11.0. The van der Waals surface area contributed by atoms with E-state index in [1.54, 1.807) is 30.3 Å². The van der Waals surface area contributed by atoms with Crippen molar-refractivity contribution in [2.45, 2.75) is 30.0 Å². The molecule has 11 heteroatoms. The van der Waals surface area contributed by atoms with Gasteiger partial charge in [0.1, 0.15) is 23.7 Å². The smallest absolute Gasteiger partial charge is 0.301 e. The summed E-state index contributed by atoms with van der Waals surface area (Å²) in [6.45, 7) is 7.75. The number of carbonyl (C=O) groups excluding carboxylic acids is 2. The molecule has 0 saturated carbocycles. The van der Waals surface area contributed by atoms with Gasteiger partial charge in [0.2, 0.25) is 5.13 Å². The number of ether oxygens (including phenoxy) is 1. The first kappa shape index (κ1) is 30.4. The summed E-state index contributed by atoms with van der Waals surface area (Å²) in [5, 5.41) is 23.1. The third kappa shape index (κ3) is 5.47. The first-order valence-corrected chi connectivity index (χ1v) is 16.7. The minimum absolute atomic E-state index is 0.0703.